The standard InChI is InChI=1S/C8H10N2O/c1-6-4-8(7(2)11-3)10-5-9-6/h4-5H,2H2,1,3H3. The molecule has 0 radical (unpaired) electrons. The first-order valence-electron chi connectivity index (χ1n) is 3.26. The van der Waals surface area contributed by atoms with E-state index in [1.807, 2.05) is 13.0 Å². The molecule has 0 spiro atoms. The first-order chi connectivity index (χ1) is 5.24. The number of nitrogens with zero attached hydrogens (tertiary/aromatic N) is 2. The second kappa shape index (κ2) is 3.14. The quantitative estimate of drug-likeness (QED) is 0.598. The van der Waals surface area contributed by atoms with E-state index >= 15 is 0 Å². The van der Waals surface area contributed by atoms with Crippen LogP contribution in [0.5, 0.6) is 0 Å². The van der Waals surface area contributed by atoms with Crippen LogP contribution in [-0.2, 0) is 4.74 Å². The predicted octanol–water partition coefficient (Wildman–Crippen LogP) is 1.40. The molecule has 0 aliphatic heterocycles. The molecule has 3 heteroatoms. The lowest BCUT2D eigenvalue weighted by Gasteiger charge is -2.02. The highest BCUT2D eigenvalue weighted by molar-refractivity contribution is 5.52. The lowest BCUT2D eigenvalue weighted by molar-refractivity contribution is 0.369. The molecule has 0 fully saturated rings. The molecule has 1 rings (SSSR count). The average molecular weight is 150 g/mol. The Labute approximate surface area is 65.8 Å². The summed E-state index contributed by atoms with van der Waals surface area (Å²) in [5, 5.41) is 0. The minimum absolute atomic E-state index is 0.565. The molecular formula is C8H10N2O. The molecule has 0 N–H and O–H groups in total. The minimum atomic E-state index is 0.565. The van der Waals surface area contributed by atoms with Crippen LogP contribution in [0, 0.1) is 6.92 Å². The Hall–Kier alpha value is -1.38. The molecule has 0 aromatic carbocycles. The van der Waals surface area contributed by atoms with Gasteiger partial charge >= 0.3 is 0 Å². The van der Waals surface area contributed by atoms with Crippen molar-refractivity contribution in [3.63, 3.8) is 0 Å². The van der Waals surface area contributed by atoms with Gasteiger partial charge in [-0.15, -0.1) is 0 Å². The van der Waals surface area contributed by atoms with Gasteiger partial charge in [0, 0.05) is 5.69 Å². The zero-order valence-corrected chi connectivity index (χ0v) is 6.66. The van der Waals surface area contributed by atoms with E-state index in [1.54, 1.807) is 7.11 Å². The van der Waals surface area contributed by atoms with Crippen molar-refractivity contribution in [1.82, 2.24) is 9.97 Å². The lowest BCUT2D eigenvalue weighted by atomic mass is 10.3. The van der Waals surface area contributed by atoms with Gasteiger partial charge in [-0.05, 0) is 13.0 Å². The van der Waals surface area contributed by atoms with E-state index in [1.165, 1.54) is 6.33 Å². The maximum absolute atomic E-state index is 4.91. The van der Waals surface area contributed by atoms with Gasteiger partial charge in [0.05, 0.1) is 7.11 Å². The van der Waals surface area contributed by atoms with Crippen molar-refractivity contribution in [3.05, 3.63) is 30.4 Å². The van der Waals surface area contributed by atoms with E-state index in [2.05, 4.69) is 16.5 Å². The molecule has 0 unspecified atom stereocenters. The smallest absolute Gasteiger partial charge is 0.137 e. The third-order valence-corrected chi connectivity index (χ3v) is 1.34. The minimum Gasteiger partial charge on any atom is -0.495 e. The first-order valence-corrected chi connectivity index (χ1v) is 3.26. The van der Waals surface area contributed by atoms with Crippen molar-refractivity contribution in [2.75, 3.05) is 7.11 Å². The number of aryl methyl sites for hydroxylation is 1. The highest BCUT2D eigenvalue weighted by Crippen LogP contribution is 2.08. The molecule has 0 amide bonds. The number of aromatic nitrogens is 2. The van der Waals surface area contributed by atoms with Crippen molar-refractivity contribution in [2.45, 2.75) is 6.92 Å². The summed E-state index contributed by atoms with van der Waals surface area (Å²) in [6.45, 7) is 5.57. The van der Waals surface area contributed by atoms with E-state index in [0.717, 1.165) is 11.4 Å². The molecule has 0 atom stereocenters. The van der Waals surface area contributed by atoms with Crippen LogP contribution >= 0.6 is 0 Å². The summed E-state index contributed by atoms with van der Waals surface area (Å²) >= 11 is 0. The Morgan fingerprint density at radius 1 is 1.55 bits per heavy atom. The van der Waals surface area contributed by atoms with Crippen LogP contribution in [0.25, 0.3) is 5.76 Å². The topological polar surface area (TPSA) is 35.0 Å². The van der Waals surface area contributed by atoms with E-state index in [-0.39, 0.29) is 0 Å². The van der Waals surface area contributed by atoms with Gasteiger partial charge < -0.3 is 4.74 Å². The summed E-state index contributed by atoms with van der Waals surface area (Å²) in [4.78, 5) is 7.92. The molecular weight excluding hydrogens is 140 g/mol. The number of hydrogen-bond donors (Lipinski definition) is 0. The zero-order chi connectivity index (χ0) is 8.27. The number of methoxy groups -OCH3 is 1. The zero-order valence-electron chi connectivity index (χ0n) is 6.66. The van der Waals surface area contributed by atoms with Gasteiger partial charge in [0.1, 0.15) is 17.8 Å². The predicted molar refractivity (Wildman–Crippen MR) is 42.8 cm³/mol. The molecule has 58 valence electrons. The molecule has 1 heterocycles. The summed E-state index contributed by atoms with van der Waals surface area (Å²) in [5.74, 6) is 0.565. The molecule has 0 aliphatic rings. The second-order valence-electron chi connectivity index (χ2n) is 2.17. The summed E-state index contributed by atoms with van der Waals surface area (Å²) in [7, 11) is 1.57. The Bertz CT molecular complexity index is 271. The van der Waals surface area contributed by atoms with Gasteiger partial charge in [-0.3, -0.25) is 0 Å². The SMILES string of the molecule is C=C(OC)c1cc(C)ncn1. The van der Waals surface area contributed by atoms with Crippen molar-refractivity contribution in [3.8, 4) is 0 Å². The van der Waals surface area contributed by atoms with E-state index in [0.29, 0.717) is 5.76 Å². The summed E-state index contributed by atoms with van der Waals surface area (Å²) in [6, 6.07) is 1.83. The molecule has 1 aromatic heterocycles. The fourth-order valence-electron chi connectivity index (χ4n) is 0.712. The van der Waals surface area contributed by atoms with E-state index in [4.69, 9.17) is 4.74 Å². The van der Waals surface area contributed by atoms with Gasteiger partial charge in [0.2, 0.25) is 0 Å². The maximum atomic E-state index is 4.91. The molecule has 1 aromatic rings. The first kappa shape index (κ1) is 7.72. The van der Waals surface area contributed by atoms with Gasteiger partial charge in [-0.1, -0.05) is 6.58 Å². The Balaban J connectivity index is 2.96. The van der Waals surface area contributed by atoms with Crippen LogP contribution in [0.1, 0.15) is 11.4 Å². The number of hydrogen-bond acceptors (Lipinski definition) is 3. The number of rotatable bonds is 2. The van der Waals surface area contributed by atoms with Crippen LogP contribution < -0.4 is 0 Å². The summed E-state index contributed by atoms with van der Waals surface area (Å²) in [5.41, 5.74) is 1.65. The fourth-order valence-corrected chi connectivity index (χ4v) is 0.712. The van der Waals surface area contributed by atoms with Crippen LogP contribution in [0.3, 0.4) is 0 Å². The Morgan fingerprint density at radius 2 is 2.27 bits per heavy atom. The number of ether oxygens (including phenoxy) is 1. The molecule has 11 heavy (non-hydrogen) atoms. The third-order valence-electron chi connectivity index (χ3n) is 1.34. The van der Waals surface area contributed by atoms with Gasteiger partial charge in [-0.25, -0.2) is 9.97 Å². The second-order valence-corrected chi connectivity index (χ2v) is 2.17. The van der Waals surface area contributed by atoms with Crippen LogP contribution in [-0.4, -0.2) is 17.1 Å². The molecule has 3 nitrogen and oxygen atoms in total. The Kier molecular flexibility index (Phi) is 2.21. The van der Waals surface area contributed by atoms with Gasteiger partial charge in [0.15, 0.2) is 0 Å². The summed E-state index contributed by atoms with van der Waals surface area (Å²) in [6.07, 6.45) is 1.49. The highest BCUT2D eigenvalue weighted by Gasteiger charge is 1.98. The summed E-state index contributed by atoms with van der Waals surface area (Å²) < 4.78 is 4.91. The van der Waals surface area contributed by atoms with Crippen LogP contribution in [0.15, 0.2) is 19.0 Å². The van der Waals surface area contributed by atoms with Crippen molar-refractivity contribution in [2.24, 2.45) is 0 Å². The largest absolute Gasteiger partial charge is 0.495 e. The maximum Gasteiger partial charge on any atom is 0.137 e. The van der Waals surface area contributed by atoms with E-state index in [9.17, 15) is 0 Å². The van der Waals surface area contributed by atoms with Crippen molar-refractivity contribution >= 4 is 5.76 Å². The normalized spacial score (nSPS) is 9.27. The molecule has 0 bridgehead atoms. The fraction of sp³-hybridized carbons (Fsp3) is 0.250. The Morgan fingerprint density at radius 3 is 2.82 bits per heavy atom. The van der Waals surface area contributed by atoms with Gasteiger partial charge in [0.25, 0.3) is 0 Å². The van der Waals surface area contributed by atoms with Crippen LogP contribution in [0.2, 0.25) is 0 Å². The monoisotopic (exact) mass is 150 g/mol. The molecule has 0 aliphatic carbocycles. The molecule has 0 saturated carbocycles. The van der Waals surface area contributed by atoms with Crippen LogP contribution in [0.4, 0.5) is 0 Å². The van der Waals surface area contributed by atoms with Gasteiger partial charge in [-0.2, -0.15) is 0 Å². The lowest BCUT2D eigenvalue weighted by Crippen LogP contribution is -1.92. The van der Waals surface area contributed by atoms with Crippen molar-refractivity contribution < 1.29 is 4.74 Å². The highest BCUT2D eigenvalue weighted by atomic mass is 16.5. The molecule has 0 saturated heterocycles. The van der Waals surface area contributed by atoms with Crippen molar-refractivity contribution in [1.29, 1.82) is 0 Å². The van der Waals surface area contributed by atoms with E-state index < -0.39 is 0 Å². The average Bonchev–Trinajstić information content (AvgIpc) is 2.03. The third kappa shape index (κ3) is 1.77.